The first-order valence-corrected chi connectivity index (χ1v) is 35.5. The van der Waals surface area contributed by atoms with Crippen LogP contribution in [0.3, 0.4) is 0 Å². The lowest BCUT2D eigenvalue weighted by Crippen LogP contribution is -2.34. The third kappa shape index (κ3) is 26.9. The fraction of sp³-hybridized carbons (Fsp3) is 0.800. The van der Waals surface area contributed by atoms with Crippen molar-refractivity contribution in [1.82, 2.24) is 9.80 Å². The maximum absolute atomic E-state index is 15.5. The van der Waals surface area contributed by atoms with E-state index < -0.39 is 0 Å². The second-order valence-electron chi connectivity index (χ2n) is 24.3. The van der Waals surface area contributed by atoms with E-state index >= 15 is 9.59 Å². The molecule has 0 radical (unpaired) electrons. The van der Waals surface area contributed by atoms with Gasteiger partial charge in [-0.3, -0.25) is 9.59 Å². The Morgan fingerprint density at radius 3 is 0.724 bits per heavy atom. The van der Waals surface area contributed by atoms with Crippen molar-refractivity contribution in [2.45, 2.75) is 336 Å². The van der Waals surface area contributed by atoms with Gasteiger partial charge in [0, 0.05) is 13.1 Å². The lowest BCUT2D eigenvalue weighted by molar-refractivity contribution is -0.124. The molecule has 2 aliphatic heterocycles. The summed E-state index contributed by atoms with van der Waals surface area (Å²) in [5, 5.41) is 4.27. The number of hydrogen-bond donors (Lipinski definition) is 0. The lowest BCUT2D eigenvalue weighted by atomic mass is 9.93. The standard InChI is InChI=1S/C70H120N2O2S2/c1-5-9-13-17-21-25-29-31-35-39-43-47-53-61(51-45-41-37-33-27-23-19-15-11-7-3)59-71-67(63-55-49-57-75-63)65-66(69(71)73)68(64-56-50-58-76-64)72(70(65)74)60-62(52-46-42-38-34-28-24-20-16-12-8-4)54-48-44-40-36-32-30-26-22-18-14-10-6-2/h49-50,55-58,61-62H,5-48,51-54,59-60H2,1-4H3. The number of carbonyl (C=O) groups excluding carboxylic acids is 2. The molecule has 2 unspecified atom stereocenters. The molecule has 2 atom stereocenters. The molecule has 6 heteroatoms. The van der Waals surface area contributed by atoms with Crippen LogP contribution in [0.2, 0.25) is 0 Å². The van der Waals surface area contributed by atoms with Crippen LogP contribution in [0.25, 0.3) is 11.4 Å². The number of carbonyl (C=O) groups is 2. The number of nitrogens with zero attached hydrogens (tertiary/aromatic N) is 2. The van der Waals surface area contributed by atoms with Crippen molar-refractivity contribution >= 4 is 45.9 Å². The number of hydrogen-bond acceptors (Lipinski definition) is 4. The molecule has 0 bridgehead atoms. The Kier molecular flexibility index (Phi) is 38.9. The predicted octanol–water partition coefficient (Wildman–Crippen LogP) is 23.7. The van der Waals surface area contributed by atoms with Gasteiger partial charge in [-0.15, -0.1) is 22.7 Å². The molecule has 0 saturated carbocycles. The minimum Gasteiger partial charge on any atom is -0.306 e. The summed E-state index contributed by atoms with van der Waals surface area (Å²) in [6, 6.07) is 8.56. The van der Waals surface area contributed by atoms with E-state index in [0.29, 0.717) is 23.0 Å². The average Bonchev–Trinajstić information content (AvgIpc) is 4.33. The monoisotopic (exact) mass is 1080 g/mol. The van der Waals surface area contributed by atoms with Gasteiger partial charge in [0.1, 0.15) is 0 Å². The van der Waals surface area contributed by atoms with Crippen molar-refractivity contribution in [3.63, 3.8) is 0 Å². The number of amides is 2. The van der Waals surface area contributed by atoms with E-state index in [2.05, 4.69) is 72.5 Å². The van der Waals surface area contributed by atoms with Gasteiger partial charge in [-0.1, -0.05) is 322 Å². The van der Waals surface area contributed by atoms with Crippen LogP contribution in [0.4, 0.5) is 0 Å². The van der Waals surface area contributed by atoms with Crippen molar-refractivity contribution < 1.29 is 9.59 Å². The van der Waals surface area contributed by atoms with Gasteiger partial charge in [0.25, 0.3) is 11.8 Å². The van der Waals surface area contributed by atoms with E-state index in [1.54, 1.807) is 22.7 Å². The van der Waals surface area contributed by atoms with Crippen LogP contribution in [-0.4, -0.2) is 34.7 Å². The summed E-state index contributed by atoms with van der Waals surface area (Å²) < 4.78 is 0. The van der Waals surface area contributed by atoms with Gasteiger partial charge in [-0.2, -0.15) is 0 Å². The Balaban J connectivity index is 1.47. The third-order valence-corrected chi connectivity index (χ3v) is 19.2. The number of fused-ring (bicyclic) bond motifs is 1. The molecular weight excluding hydrogens is 965 g/mol. The van der Waals surface area contributed by atoms with Crippen LogP contribution in [0, 0.1) is 11.8 Å². The van der Waals surface area contributed by atoms with Crippen LogP contribution in [0.5, 0.6) is 0 Å². The fourth-order valence-electron chi connectivity index (χ4n) is 12.6. The first-order chi connectivity index (χ1) is 37.5. The SMILES string of the molecule is CCCCCCCCCCCCCCC(CCCCCCCCCCCC)CN1C(=O)C2=C(c3cccs3)N(CC(CCCCCCCCCCCC)CCCCCCCCCCCCCC)C(=O)C2=C1c1cccs1. The summed E-state index contributed by atoms with van der Waals surface area (Å²) in [6.45, 7) is 10.7. The third-order valence-electron chi connectivity index (χ3n) is 17.4. The number of rotatable bonds is 54. The summed E-state index contributed by atoms with van der Waals surface area (Å²) in [5.41, 5.74) is 3.21. The zero-order valence-electron chi connectivity index (χ0n) is 50.5. The molecule has 0 N–H and O–H groups in total. The van der Waals surface area contributed by atoms with E-state index in [9.17, 15) is 0 Å². The minimum atomic E-state index is 0.0765. The van der Waals surface area contributed by atoms with Crippen molar-refractivity contribution in [3.8, 4) is 0 Å². The predicted molar refractivity (Wildman–Crippen MR) is 337 cm³/mol. The highest BCUT2D eigenvalue weighted by molar-refractivity contribution is 7.11. The van der Waals surface area contributed by atoms with E-state index in [1.165, 1.54) is 308 Å². The Hall–Kier alpha value is -2.18. The first kappa shape index (κ1) is 66.3. The lowest BCUT2D eigenvalue weighted by Gasteiger charge is -2.29. The summed E-state index contributed by atoms with van der Waals surface area (Å²) in [6.07, 6.45) is 64.3. The Bertz CT molecular complexity index is 1630. The highest BCUT2D eigenvalue weighted by Crippen LogP contribution is 2.49. The summed E-state index contributed by atoms with van der Waals surface area (Å²) >= 11 is 3.39. The van der Waals surface area contributed by atoms with E-state index in [-0.39, 0.29) is 11.8 Å². The van der Waals surface area contributed by atoms with Crippen LogP contribution in [0.15, 0.2) is 46.2 Å². The van der Waals surface area contributed by atoms with Crippen LogP contribution >= 0.6 is 22.7 Å². The maximum Gasteiger partial charge on any atom is 0.261 e. The number of thiophene rings is 2. The normalized spacial score (nSPS) is 14.6. The van der Waals surface area contributed by atoms with Gasteiger partial charge >= 0.3 is 0 Å². The molecule has 0 fully saturated rings. The van der Waals surface area contributed by atoms with Gasteiger partial charge in [-0.05, 0) is 60.4 Å². The molecule has 4 heterocycles. The first-order valence-electron chi connectivity index (χ1n) is 33.8. The molecule has 4 rings (SSSR count). The summed E-state index contributed by atoms with van der Waals surface area (Å²) in [4.78, 5) is 37.3. The second-order valence-corrected chi connectivity index (χ2v) is 26.2. The molecule has 434 valence electrons. The zero-order chi connectivity index (χ0) is 53.9. The molecule has 0 aromatic carbocycles. The van der Waals surface area contributed by atoms with Gasteiger partial charge < -0.3 is 9.80 Å². The molecule has 0 aliphatic carbocycles. The summed E-state index contributed by atoms with van der Waals surface area (Å²) in [7, 11) is 0. The fourth-order valence-corrected chi connectivity index (χ4v) is 14.2. The van der Waals surface area contributed by atoms with Gasteiger partial charge in [0.05, 0.1) is 32.3 Å². The molecule has 4 nitrogen and oxygen atoms in total. The molecule has 2 aromatic heterocycles. The molecular formula is C70H120N2O2S2. The molecule has 2 amide bonds. The van der Waals surface area contributed by atoms with Crippen molar-refractivity contribution in [3.05, 3.63) is 55.9 Å². The van der Waals surface area contributed by atoms with E-state index in [0.717, 1.165) is 34.2 Å². The highest BCUT2D eigenvalue weighted by atomic mass is 32.1. The second kappa shape index (κ2) is 44.6. The van der Waals surface area contributed by atoms with Crippen molar-refractivity contribution in [1.29, 1.82) is 0 Å². The Labute approximate surface area is 479 Å². The maximum atomic E-state index is 15.5. The highest BCUT2D eigenvalue weighted by Gasteiger charge is 2.50. The van der Waals surface area contributed by atoms with Gasteiger partial charge in [0.2, 0.25) is 0 Å². The van der Waals surface area contributed by atoms with E-state index in [4.69, 9.17) is 0 Å². The average molecular weight is 1090 g/mol. The molecule has 0 spiro atoms. The molecule has 76 heavy (non-hydrogen) atoms. The Morgan fingerprint density at radius 1 is 0.316 bits per heavy atom. The zero-order valence-corrected chi connectivity index (χ0v) is 52.1. The summed E-state index contributed by atoms with van der Waals surface area (Å²) in [5.74, 6) is 1.03. The van der Waals surface area contributed by atoms with Crippen LogP contribution in [0.1, 0.15) is 346 Å². The minimum absolute atomic E-state index is 0.0765. The topological polar surface area (TPSA) is 40.6 Å². The van der Waals surface area contributed by atoms with Crippen molar-refractivity contribution in [2.75, 3.05) is 13.1 Å². The Morgan fingerprint density at radius 2 is 0.526 bits per heavy atom. The van der Waals surface area contributed by atoms with Crippen LogP contribution < -0.4 is 0 Å². The van der Waals surface area contributed by atoms with Crippen molar-refractivity contribution in [2.24, 2.45) is 11.8 Å². The molecule has 2 aliphatic rings. The molecule has 0 saturated heterocycles. The van der Waals surface area contributed by atoms with Gasteiger partial charge in [-0.25, -0.2) is 0 Å². The van der Waals surface area contributed by atoms with Crippen LogP contribution in [-0.2, 0) is 9.59 Å². The van der Waals surface area contributed by atoms with Gasteiger partial charge in [0.15, 0.2) is 0 Å². The van der Waals surface area contributed by atoms with E-state index in [1.807, 2.05) is 0 Å². The largest absolute Gasteiger partial charge is 0.306 e. The molecule has 2 aromatic rings. The number of unbranched alkanes of at least 4 members (excludes halogenated alkanes) is 40. The quantitative estimate of drug-likeness (QED) is 0.0620. The smallest absolute Gasteiger partial charge is 0.261 e.